The van der Waals surface area contributed by atoms with Crippen molar-refractivity contribution in [1.29, 1.82) is 0 Å². The zero-order chi connectivity index (χ0) is 21.9. The van der Waals surface area contributed by atoms with Crippen molar-refractivity contribution in [3.05, 3.63) is 89.9 Å². The van der Waals surface area contributed by atoms with Crippen molar-refractivity contribution in [1.82, 2.24) is 9.80 Å². The summed E-state index contributed by atoms with van der Waals surface area (Å²) in [7, 11) is 0. The van der Waals surface area contributed by atoms with Gasteiger partial charge in [0.2, 0.25) is 5.91 Å². The largest absolute Gasteiger partial charge is 0.467 e. The molecule has 3 aromatic rings. The molecule has 164 valence electrons. The minimum absolute atomic E-state index is 0.0619. The predicted molar refractivity (Wildman–Crippen MR) is 125 cm³/mol. The van der Waals surface area contributed by atoms with Gasteiger partial charge in [-0.1, -0.05) is 30.3 Å². The van der Waals surface area contributed by atoms with Gasteiger partial charge in [0.05, 0.1) is 18.6 Å². The monoisotopic (exact) mass is 447 g/mol. The van der Waals surface area contributed by atoms with Crippen LogP contribution in [0.3, 0.4) is 0 Å². The number of nitrogens with zero attached hydrogens (tertiary/aromatic N) is 3. The van der Waals surface area contributed by atoms with Crippen LogP contribution in [0.4, 0.5) is 5.69 Å². The molecule has 2 aliphatic heterocycles. The number of amides is 2. The first-order valence-corrected chi connectivity index (χ1v) is 11.9. The first-order valence-electron chi connectivity index (χ1n) is 10.8. The Bertz CT molecular complexity index is 1060. The Morgan fingerprint density at radius 3 is 2.38 bits per heavy atom. The van der Waals surface area contributed by atoms with Crippen LogP contribution in [0.15, 0.2) is 77.4 Å². The van der Waals surface area contributed by atoms with E-state index >= 15 is 0 Å². The molecule has 2 aliphatic rings. The topological polar surface area (TPSA) is 57.0 Å². The highest BCUT2D eigenvalue weighted by Crippen LogP contribution is 2.39. The van der Waals surface area contributed by atoms with Crippen LogP contribution in [-0.2, 0) is 11.3 Å². The molecular weight excluding hydrogens is 422 g/mol. The SMILES string of the molecule is O=C(c1ccc([C@H]2SCC(=O)N2Cc2ccco2)cc1)N1CCN(c2ccccc2)CC1. The molecule has 2 saturated heterocycles. The second kappa shape index (κ2) is 9.12. The van der Waals surface area contributed by atoms with Crippen LogP contribution >= 0.6 is 11.8 Å². The van der Waals surface area contributed by atoms with Gasteiger partial charge < -0.3 is 19.1 Å². The van der Waals surface area contributed by atoms with E-state index in [4.69, 9.17) is 4.42 Å². The number of anilines is 1. The Balaban J connectivity index is 1.23. The normalized spacial score (nSPS) is 18.9. The summed E-state index contributed by atoms with van der Waals surface area (Å²) in [4.78, 5) is 31.5. The first kappa shape index (κ1) is 20.7. The lowest BCUT2D eigenvalue weighted by molar-refractivity contribution is -0.128. The van der Waals surface area contributed by atoms with Crippen LogP contribution in [-0.4, -0.2) is 53.5 Å². The van der Waals surface area contributed by atoms with Crippen LogP contribution in [0.25, 0.3) is 0 Å². The van der Waals surface area contributed by atoms with Crippen molar-refractivity contribution < 1.29 is 14.0 Å². The number of thioether (sulfide) groups is 1. The standard InChI is InChI=1S/C25H25N3O3S/c29-23-18-32-25(28(23)17-22-7-4-16-31-22)20-10-8-19(9-11-20)24(30)27-14-12-26(13-15-27)21-5-2-1-3-6-21/h1-11,16,25H,12-15,17-18H2/t25-/m1/s1. The third-order valence-corrected chi connectivity index (χ3v) is 7.26. The Kier molecular flexibility index (Phi) is 5.90. The molecule has 7 heteroatoms. The Morgan fingerprint density at radius 2 is 1.69 bits per heavy atom. The number of benzene rings is 2. The van der Waals surface area contributed by atoms with Gasteiger partial charge in [-0.25, -0.2) is 0 Å². The van der Waals surface area contributed by atoms with Crippen molar-refractivity contribution in [2.24, 2.45) is 0 Å². The molecule has 3 heterocycles. The Morgan fingerprint density at radius 1 is 0.938 bits per heavy atom. The summed E-state index contributed by atoms with van der Waals surface area (Å²) < 4.78 is 5.42. The van der Waals surface area contributed by atoms with Gasteiger partial charge in [-0.3, -0.25) is 9.59 Å². The Hall–Kier alpha value is -3.19. The number of hydrogen-bond acceptors (Lipinski definition) is 5. The molecule has 2 amide bonds. The van der Waals surface area contributed by atoms with Crippen LogP contribution in [0.5, 0.6) is 0 Å². The molecule has 0 unspecified atom stereocenters. The summed E-state index contributed by atoms with van der Waals surface area (Å²) >= 11 is 1.61. The van der Waals surface area contributed by atoms with E-state index in [1.54, 1.807) is 18.0 Å². The molecule has 0 saturated carbocycles. The quantitative estimate of drug-likeness (QED) is 0.591. The molecule has 1 atom stereocenters. The highest BCUT2D eigenvalue weighted by atomic mass is 32.2. The molecule has 0 radical (unpaired) electrons. The van der Waals surface area contributed by atoms with E-state index in [1.165, 1.54) is 5.69 Å². The number of furan rings is 1. The van der Waals surface area contributed by atoms with Crippen LogP contribution in [0, 0.1) is 0 Å². The van der Waals surface area contributed by atoms with Gasteiger partial charge >= 0.3 is 0 Å². The van der Waals surface area contributed by atoms with E-state index in [-0.39, 0.29) is 17.2 Å². The average molecular weight is 448 g/mol. The minimum Gasteiger partial charge on any atom is -0.467 e. The second-order valence-corrected chi connectivity index (χ2v) is 9.07. The fourth-order valence-corrected chi connectivity index (χ4v) is 5.44. The van der Waals surface area contributed by atoms with E-state index in [0.717, 1.165) is 24.4 Å². The number of carbonyl (C=O) groups excluding carboxylic acids is 2. The highest BCUT2D eigenvalue weighted by molar-refractivity contribution is 8.00. The van der Waals surface area contributed by atoms with Gasteiger partial charge in [-0.05, 0) is 42.0 Å². The first-order chi connectivity index (χ1) is 15.7. The number of para-hydroxylation sites is 1. The molecule has 0 bridgehead atoms. The highest BCUT2D eigenvalue weighted by Gasteiger charge is 2.33. The molecule has 2 fully saturated rings. The van der Waals surface area contributed by atoms with Gasteiger partial charge in [0.15, 0.2) is 0 Å². The molecule has 32 heavy (non-hydrogen) atoms. The van der Waals surface area contributed by atoms with Gasteiger partial charge in [0, 0.05) is 37.4 Å². The molecule has 2 aromatic carbocycles. The maximum Gasteiger partial charge on any atom is 0.253 e. The van der Waals surface area contributed by atoms with Crippen molar-refractivity contribution in [3.8, 4) is 0 Å². The third kappa shape index (κ3) is 4.25. The number of carbonyl (C=O) groups is 2. The van der Waals surface area contributed by atoms with E-state index < -0.39 is 0 Å². The van der Waals surface area contributed by atoms with Crippen LogP contribution in [0.2, 0.25) is 0 Å². The summed E-state index contributed by atoms with van der Waals surface area (Å²) in [6, 6.07) is 21.7. The summed E-state index contributed by atoms with van der Waals surface area (Å²) in [6.07, 6.45) is 1.62. The summed E-state index contributed by atoms with van der Waals surface area (Å²) in [6.45, 7) is 3.53. The predicted octanol–water partition coefficient (Wildman–Crippen LogP) is 4.02. The third-order valence-electron chi connectivity index (χ3n) is 6.01. The molecule has 0 aliphatic carbocycles. The van der Waals surface area contributed by atoms with Gasteiger partial charge in [0.25, 0.3) is 5.91 Å². The summed E-state index contributed by atoms with van der Waals surface area (Å²) in [5.74, 6) is 1.39. The zero-order valence-electron chi connectivity index (χ0n) is 17.7. The summed E-state index contributed by atoms with van der Waals surface area (Å²) in [5, 5.41) is -0.0637. The Labute approximate surface area is 191 Å². The molecule has 0 N–H and O–H groups in total. The summed E-state index contributed by atoms with van der Waals surface area (Å²) in [5.41, 5.74) is 2.92. The molecule has 0 spiro atoms. The fraction of sp³-hybridized carbons (Fsp3) is 0.280. The van der Waals surface area contributed by atoms with Crippen molar-refractivity contribution >= 4 is 29.3 Å². The average Bonchev–Trinajstić information content (AvgIpc) is 3.50. The fourth-order valence-electron chi connectivity index (χ4n) is 4.25. The smallest absolute Gasteiger partial charge is 0.253 e. The lowest BCUT2D eigenvalue weighted by Gasteiger charge is -2.36. The lowest BCUT2D eigenvalue weighted by atomic mass is 10.1. The molecule has 5 rings (SSSR count). The van der Waals surface area contributed by atoms with Crippen molar-refractivity contribution in [3.63, 3.8) is 0 Å². The maximum absolute atomic E-state index is 13.0. The molecule has 6 nitrogen and oxygen atoms in total. The maximum atomic E-state index is 13.0. The van der Waals surface area contributed by atoms with E-state index in [9.17, 15) is 9.59 Å². The van der Waals surface area contributed by atoms with Gasteiger partial charge in [0.1, 0.15) is 11.1 Å². The molecule has 1 aromatic heterocycles. The minimum atomic E-state index is -0.0637. The number of rotatable bonds is 5. The second-order valence-electron chi connectivity index (χ2n) is 8.00. The van der Waals surface area contributed by atoms with Crippen molar-refractivity contribution in [2.45, 2.75) is 11.9 Å². The molecular formula is C25H25N3O3S. The van der Waals surface area contributed by atoms with E-state index in [1.807, 2.05) is 64.4 Å². The number of piperazine rings is 1. The number of hydrogen-bond donors (Lipinski definition) is 0. The lowest BCUT2D eigenvalue weighted by Crippen LogP contribution is -2.48. The van der Waals surface area contributed by atoms with Crippen LogP contribution in [0.1, 0.15) is 27.1 Å². The van der Waals surface area contributed by atoms with Crippen LogP contribution < -0.4 is 4.90 Å². The van der Waals surface area contributed by atoms with Gasteiger partial charge in [-0.15, -0.1) is 11.8 Å². The zero-order valence-corrected chi connectivity index (χ0v) is 18.5. The van der Waals surface area contributed by atoms with Gasteiger partial charge in [-0.2, -0.15) is 0 Å². The van der Waals surface area contributed by atoms with E-state index in [0.29, 0.717) is 31.0 Å². The van der Waals surface area contributed by atoms with Crippen molar-refractivity contribution in [2.75, 3.05) is 36.8 Å². The van der Waals surface area contributed by atoms with E-state index in [2.05, 4.69) is 17.0 Å².